The Kier molecular flexibility index (Phi) is 5.15. The van der Waals surface area contributed by atoms with Gasteiger partial charge in [-0.3, -0.25) is 0 Å². The molecule has 5 heteroatoms. The van der Waals surface area contributed by atoms with Gasteiger partial charge in [0.2, 0.25) is 0 Å². The Morgan fingerprint density at radius 3 is 2.65 bits per heavy atom. The van der Waals surface area contributed by atoms with Crippen molar-refractivity contribution in [3.63, 3.8) is 0 Å². The van der Waals surface area contributed by atoms with Crippen molar-refractivity contribution in [1.82, 2.24) is 0 Å². The second kappa shape index (κ2) is 6.39. The number of hydrogen-bond donors (Lipinski definition) is 0. The van der Waals surface area contributed by atoms with E-state index in [2.05, 4.69) is 30.7 Å². The number of benzene rings is 1. The number of oxime groups is 1. The van der Waals surface area contributed by atoms with Crippen LogP contribution in [-0.4, -0.2) is 25.9 Å². The summed E-state index contributed by atoms with van der Waals surface area (Å²) in [6, 6.07) is 5.80. The molecule has 1 aromatic rings. The zero-order valence-electron chi connectivity index (χ0n) is 9.99. The van der Waals surface area contributed by atoms with Crippen molar-refractivity contribution in [2.45, 2.75) is 12.3 Å². The van der Waals surface area contributed by atoms with Crippen molar-refractivity contribution in [3.05, 3.63) is 34.9 Å². The summed E-state index contributed by atoms with van der Waals surface area (Å²) < 4.78 is 4.69. The molecule has 0 heterocycles. The van der Waals surface area contributed by atoms with Crippen LogP contribution in [0, 0.1) is 6.92 Å². The van der Waals surface area contributed by atoms with Crippen LogP contribution in [0.3, 0.4) is 0 Å². The predicted molar refractivity (Wildman–Crippen MR) is 69.4 cm³/mol. The Morgan fingerprint density at radius 2 is 2.12 bits per heavy atom. The Balaban J connectivity index is 3.27. The molecular formula is C12H14BrNO3. The van der Waals surface area contributed by atoms with Gasteiger partial charge >= 0.3 is 5.97 Å². The molecule has 17 heavy (non-hydrogen) atoms. The quantitative estimate of drug-likeness (QED) is 0.371. The lowest BCUT2D eigenvalue weighted by molar-refractivity contribution is -0.132. The third-order valence-electron chi connectivity index (χ3n) is 2.27. The monoisotopic (exact) mass is 299 g/mol. The van der Waals surface area contributed by atoms with E-state index in [9.17, 15) is 4.79 Å². The number of ether oxygens (including phenoxy) is 1. The molecule has 1 aromatic carbocycles. The molecule has 0 unspecified atom stereocenters. The van der Waals surface area contributed by atoms with Crippen molar-refractivity contribution in [2.24, 2.45) is 5.16 Å². The highest BCUT2D eigenvalue weighted by molar-refractivity contribution is 9.08. The van der Waals surface area contributed by atoms with Gasteiger partial charge in [-0.05, 0) is 24.1 Å². The van der Waals surface area contributed by atoms with Crippen LogP contribution in [0.2, 0.25) is 0 Å². The minimum absolute atomic E-state index is 0.176. The van der Waals surface area contributed by atoms with Crippen molar-refractivity contribution >= 4 is 27.6 Å². The molecule has 0 aromatic heterocycles. The van der Waals surface area contributed by atoms with Crippen LogP contribution in [0.5, 0.6) is 0 Å². The lowest BCUT2D eigenvalue weighted by Crippen LogP contribution is -2.19. The van der Waals surface area contributed by atoms with Gasteiger partial charge in [0.05, 0.1) is 7.11 Å². The van der Waals surface area contributed by atoms with Crippen LogP contribution in [0.25, 0.3) is 0 Å². The summed E-state index contributed by atoms with van der Waals surface area (Å²) in [7, 11) is 2.71. The number of nitrogens with zero attached hydrogens (tertiary/aromatic N) is 1. The number of carbonyl (C=O) groups is 1. The first-order valence-electron chi connectivity index (χ1n) is 4.99. The van der Waals surface area contributed by atoms with E-state index in [0.29, 0.717) is 5.33 Å². The fourth-order valence-electron chi connectivity index (χ4n) is 1.39. The zero-order valence-corrected chi connectivity index (χ0v) is 11.6. The van der Waals surface area contributed by atoms with Gasteiger partial charge in [0, 0.05) is 10.9 Å². The lowest BCUT2D eigenvalue weighted by atomic mass is 10.0. The number of carbonyl (C=O) groups excluding carboxylic acids is 1. The van der Waals surface area contributed by atoms with Crippen LogP contribution < -0.4 is 0 Å². The highest BCUT2D eigenvalue weighted by Crippen LogP contribution is 2.15. The Labute approximate surface area is 109 Å². The van der Waals surface area contributed by atoms with E-state index in [-0.39, 0.29) is 5.71 Å². The predicted octanol–water partition coefficient (Wildman–Crippen LogP) is 2.41. The fourth-order valence-corrected chi connectivity index (χ4v) is 1.74. The van der Waals surface area contributed by atoms with Gasteiger partial charge in [0.25, 0.3) is 0 Å². The second-order valence-electron chi connectivity index (χ2n) is 3.40. The van der Waals surface area contributed by atoms with Gasteiger partial charge in [-0.2, -0.15) is 0 Å². The van der Waals surface area contributed by atoms with Crippen LogP contribution in [0.1, 0.15) is 16.7 Å². The topological polar surface area (TPSA) is 47.9 Å². The first-order chi connectivity index (χ1) is 8.13. The molecule has 0 aliphatic rings. The first kappa shape index (κ1) is 13.7. The van der Waals surface area contributed by atoms with Crippen molar-refractivity contribution in [3.8, 4) is 0 Å². The molecule has 0 saturated carbocycles. The maximum Gasteiger partial charge on any atom is 0.360 e. The summed E-state index contributed by atoms with van der Waals surface area (Å²) in [5.41, 5.74) is 2.89. The minimum Gasteiger partial charge on any atom is -0.464 e. The summed E-state index contributed by atoms with van der Waals surface area (Å²) in [6.07, 6.45) is 0. The molecule has 4 nitrogen and oxygen atoms in total. The third kappa shape index (κ3) is 3.30. The molecule has 0 aliphatic heterocycles. The Bertz CT molecular complexity index is 443. The highest BCUT2D eigenvalue weighted by atomic mass is 79.9. The molecule has 0 saturated heterocycles. The first-order valence-corrected chi connectivity index (χ1v) is 6.11. The van der Waals surface area contributed by atoms with E-state index in [4.69, 9.17) is 0 Å². The average Bonchev–Trinajstić information content (AvgIpc) is 2.36. The van der Waals surface area contributed by atoms with E-state index in [1.807, 2.05) is 25.1 Å². The minimum atomic E-state index is -0.512. The Morgan fingerprint density at radius 1 is 1.41 bits per heavy atom. The molecule has 0 bridgehead atoms. The SMILES string of the molecule is CON=C(C(=O)OC)c1cc(CBr)ccc1C. The third-order valence-corrected chi connectivity index (χ3v) is 2.92. The van der Waals surface area contributed by atoms with E-state index in [1.54, 1.807) is 0 Å². The number of aryl methyl sites for hydroxylation is 1. The molecule has 1 rings (SSSR count). The number of rotatable bonds is 4. The molecule has 0 radical (unpaired) electrons. The van der Waals surface area contributed by atoms with Crippen LogP contribution in [0.15, 0.2) is 23.4 Å². The van der Waals surface area contributed by atoms with E-state index in [0.717, 1.165) is 16.7 Å². The average molecular weight is 300 g/mol. The molecule has 0 spiro atoms. The standard InChI is InChI=1S/C12H14BrNO3/c1-8-4-5-9(7-13)6-10(8)11(14-17-3)12(15)16-2/h4-6H,7H2,1-3H3. The molecule has 0 N–H and O–H groups in total. The van der Waals surface area contributed by atoms with Crippen LogP contribution >= 0.6 is 15.9 Å². The number of alkyl halides is 1. The van der Waals surface area contributed by atoms with Gasteiger partial charge < -0.3 is 9.57 Å². The van der Waals surface area contributed by atoms with Gasteiger partial charge in [0.15, 0.2) is 5.71 Å². The molecule has 0 amide bonds. The summed E-state index contributed by atoms with van der Waals surface area (Å²) in [5, 5.41) is 4.44. The number of methoxy groups -OCH3 is 1. The van der Waals surface area contributed by atoms with Crippen molar-refractivity contribution in [2.75, 3.05) is 14.2 Å². The molecule has 0 aliphatic carbocycles. The highest BCUT2D eigenvalue weighted by Gasteiger charge is 2.18. The van der Waals surface area contributed by atoms with Gasteiger partial charge in [-0.15, -0.1) is 0 Å². The van der Waals surface area contributed by atoms with E-state index < -0.39 is 5.97 Å². The maximum absolute atomic E-state index is 11.6. The fraction of sp³-hybridized carbons (Fsp3) is 0.333. The van der Waals surface area contributed by atoms with Crippen molar-refractivity contribution in [1.29, 1.82) is 0 Å². The van der Waals surface area contributed by atoms with E-state index in [1.165, 1.54) is 14.2 Å². The number of halogens is 1. The molecular weight excluding hydrogens is 286 g/mol. The largest absolute Gasteiger partial charge is 0.464 e. The van der Waals surface area contributed by atoms with Crippen LogP contribution in [-0.2, 0) is 19.7 Å². The summed E-state index contributed by atoms with van der Waals surface area (Å²) >= 11 is 3.37. The zero-order chi connectivity index (χ0) is 12.8. The normalized spacial score (nSPS) is 11.2. The molecule has 0 fully saturated rings. The Hall–Kier alpha value is -1.36. The van der Waals surface area contributed by atoms with E-state index >= 15 is 0 Å². The second-order valence-corrected chi connectivity index (χ2v) is 3.96. The van der Waals surface area contributed by atoms with Crippen LogP contribution in [0.4, 0.5) is 0 Å². The van der Waals surface area contributed by atoms with Gasteiger partial charge in [-0.1, -0.05) is 33.2 Å². The summed E-state index contributed by atoms with van der Waals surface area (Å²) in [4.78, 5) is 16.3. The number of esters is 1. The lowest BCUT2D eigenvalue weighted by Gasteiger charge is -2.08. The van der Waals surface area contributed by atoms with Gasteiger partial charge in [-0.25, -0.2) is 4.79 Å². The number of hydrogen-bond acceptors (Lipinski definition) is 4. The van der Waals surface area contributed by atoms with Crippen molar-refractivity contribution < 1.29 is 14.4 Å². The summed E-state index contributed by atoms with van der Waals surface area (Å²) in [5.74, 6) is -0.512. The molecule has 92 valence electrons. The van der Waals surface area contributed by atoms with Gasteiger partial charge in [0.1, 0.15) is 7.11 Å². The maximum atomic E-state index is 11.6. The molecule has 0 atom stereocenters. The smallest absolute Gasteiger partial charge is 0.360 e. The summed E-state index contributed by atoms with van der Waals surface area (Å²) in [6.45, 7) is 1.90.